The van der Waals surface area contributed by atoms with Crippen molar-refractivity contribution in [1.29, 1.82) is 0 Å². The summed E-state index contributed by atoms with van der Waals surface area (Å²) in [5.41, 5.74) is -1.37. The first-order valence-corrected chi connectivity index (χ1v) is 11.3. The van der Waals surface area contributed by atoms with Crippen LogP contribution in [-0.2, 0) is 8.85 Å². The van der Waals surface area contributed by atoms with Crippen LogP contribution in [0.4, 0.5) is 0 Å². The Morgan fingerprint density at radius 1 is 0.885 bits per heavy atom. The standard InChI is InChI=1S/C14H26O2Si.C5H12O4/c1-7-11-14(5,12-8-2)16-17(6,13-9-3)15-10-4;6-1-5(2-7,3-8)4-9/h7-9H,1-3,10-13H2,4-6H3;6-9H,1-4H2. The lowest BCUT2D eigenvalue weighted by Gasteiger charge is -2.37. The fraction of sp³-hybridized carbons (Fsp3) is 0.684. The lowest BCUT2D eigenvalue weighted by Crippen LogP contribution is -2.46. The summed E-state index contributed by atoms with van der Waals surface area (Å²) in [6, 6.07) is 0.796. The second-order valence-corrected chi connectivity index (χ2v) is 9.90. The van der Waals surface area contributed by atoms with Crippen LogP contribution in [0.25, 0.3) is 0 Å². The summed E-state index contributed by atoms with van der Waals surface area (Å²) in [6.45, 7) is 16.6. The van der Waals surface area contributed by atoms with Crippen molar-refractivity contribution in [3.05, 3.63) is 38.0 Å². The molecule has 0 aromatic rings. The zero-order chi connectivity index (χ0) is 20.7. The number of hydrogen-bond acceptors (Lipinski definition) is 6. The maximum atomic E-state index is 8.50. The minimum absolute atomic E-state index is 0.261. The van der Waals surface area contributed by atoms with Crippen molar-refractivity contribution in [2.75, 3.05) is 33.0 Å². The first-order chi connectivity index (χ1) is 12.2. The van der Waals surface area contributed by atoms with Gasteiger partial charge in [0.1, 0.15) is 0 Å². The van der Waals surface area contributed by atoms with Crippen LogP contribution in [0.1, 0.15) is 26.7 Å². The first kappa shape index (κ1) is 27.4. The number of aliphatic hydroxyl groups is 4. The molecule has 1 unspecified atom stereocenters. The maximum Gasteiger partial charge on any atom is 0.339 e. The summed E-state index contributed by atoms with van der Waals surface area (Å²) >= 11 is 0. The highest BCUT2D eigenvalue weighted by molar-refractivity contribution is 6.66. The molecule has 0 aromatic carbocycles. The van der Waals surface area contributed by atoms with Gasteiger partial charge < -0.3 is 29.3 Å². The van der Waals surface area contributed by atoms with Crippen molar-refractivity contribution in [2.45, 2.75) is 44.9 Å². The average Bonchev–Trinajstić information content (AvgIpc) is 2.58. The summed E-state index contributed by atoms with van der Waals surface area (Å²) in [5, 5.41) is 34.0. The van der Waals surface area contributed by atoms with Crippen molar-refractivity contribution in [1.82, 2.24) is 0 Å². The molecule has 0 saturated carbocycles. The molecule has 0 aliphatic rings. The highest BCUT2D eigenvalue weighted by Gasteiger charge is 2.37. The third-order valence-electron chi connectivity index (χ3n) is 3.92. The Kier molecular flexibility index (Phi) is 15.1. The van der Waals surface area contributed by atoms with Crippen molar-refractivity contribution in [2.24, 2.45) is 5.41 Å². The Labute approximate surface area is 159 Å². The molecule has 0 bridgehead atoms. The second kappa shape index (κ2) is 14.3. The van der Waals surface area contributed by atoms with Gasteiger partial charge in [-0.1, -0.05) is 18.2 Å². The van der Waals surface area contributed by atoms with Crippen molar-refractivity contribution >= 4 is 8.56 Å². The van der Waals surface area contributed by atoms with Gasteiger partial charge in [-0.25, -0.2) is 0 Å². The van der Waals surface area contributed by atoms with Crippen LogP contribution in [0.3, 0.4) is 0 Å². The van der Waals surface area contributed by atoms with E-state index < -0.39 is 40.4 Å². The zero-order valence-corrected chi connectivity index (χ0v) is 17.6. The zero-order valence-electron chi connectivity index (χ0n) is 16.6. The third kappa shape index (κ3) is 10.4. The van der Waals surface area contributed by atoms with Gasteiger partial charge in [-0.15, -0.1) is 19.7 Å². The minimum Gasteiger partial charge on any atom is -0.396 e. The van der Waals surface area contributed by atoms with Crippen molar-refractivity contribution in [3.63, 3.8) is 0 Å². The number of hydrogen-bond donors (Lipinski definition) is 4. The summed E-state index contributed by atoms with van der Waals surface area (Å²) in [5.74, 6) is 0. The molecule has 0 saturated heterocycles. The van der Waals surface area contributed by atoms with Gasteiger partial charge in [0, 0.05) is 12.7 Å². The van der Waals surface area contributed by atoms with Crippen LogP contribution in [0.15, 0.2) is 38.0 Å². The van der Waals surface area contributed by atoms with E-state index >= 15 is 0 Å². The molecular weight excluding hydrogens is 352 g/mol. The summed E-state index contributed by atoms with van der Waals surface area (Å²) < 4.78 is 12.1. The molecule has 0 fully saturated rings. The van der Waals surface area contributed by atoms with Gasteiger partial charge in [-0.05, 0) is 33.2 Å². The number of aliphatic hydroxyl groups excluding tert-OH is 4. The highest BCUT2D eigenvalue weighted by atomic mass is 28.4. The predicted octanol–water partition coefficient (Wildman–Crippen LogP) is 2.15. The molecule has 154 valence electrons. The van der Waals surface area contributed by atoms with E-state index in [-0.39, 0.29) is 5.60 Å². The van der Waals surface area contributed by atoms with Crippen LogP contribution in [0, 0.1) is 5.41 Å². The van der Waals surface area contributed by atoms with E-state index in [0.29, 0.717) is 6.61 Å². The molecule has 0 heterocycles. The monoisotopic (exact) mass is 390 g/mol. The molecule has 4 N–H and O–H groups in total. The van der Waals surface area contributed by atoms with E-state index in [1.165, 1.54) is 0 Å². The fourth-order valence-corrected chi connectivity index (χ4v) is 4.90. The number of rotatable bonds is 14. The predicted molar refractivity (Wildman–Crippen MR) is 108 cm³/mol. The van der Waals surface area contributed by atoms with Crippen LogP contribution in [-0.4, -0.2) is 67.6 Å². The molecule has 0 rings (SSSR count). The molecule has 7 heteroatoms. The Hall–Kier alpha value is -0.803. The quantitative estimate of drug-likeness (QED) is 0.268. The van der Waals surface area contributed by atoms with Crippen molar-refractivity contribution < 1.29 is 29.3 Å². The van der Waals surface area contributed by atoms with E-state index in [1.807, 2.05) is 25.2 Å². The maximum absolute atomic E-state index is 8.50. The molecular formula is C19H38O6Si. The fourth-order valence-electron chi connectivity index (χ4n) is 2.30. The Morgan fingerprint density at radius 2 is 1.31 bits per heavy atom. The van der Waals surface area contributed by atoms with E-state index in [1.54, 1.807) is 0 Å². The van der Waals surface area contributed by atoms with Crippen LogP contribution < -0.4 is 0 Å². The van der Waals surface area contributed by atoms with Gasteiger partial charge in [0.15, 0.2) is 0 Å². The van der Waals surface area contributed by atoms with Crippen LogP contribution >= 0.6 is 0 Å². The summed E-state index contributed by atoms with van der Waals surface area (Å²) in [7, 11) is -2.17. The van der Waals surface area contributed by atoms with Gasteiger partial charge in [-0.2, -0.15) is 0 Å². The molecule has 0 radical (unpaired) electrons. The molecule has 0 amide bonds. The number of allylic oxidation sites excluding steroid dienone is 1. The topological polar surface area (TPSA) is 99.4 Å². The Morgan fingerprint density at radius 3 is 1.54 bits per heavy atom. The van der Waals surface area contributed by atoms with E-state index in [9.17, 15) is 0 Å². The third-order valence-corrected chi connectivity index (χ3v) is 6.78. The Balaban J connectivity index is 0. The molecule has 1 atom stereocenters. The van der Waals surface area contributed by atoms with Gasteiger partial charge in [0.05, 0.1) is 37.4 Å². The largest absolute Gasteiger partial charge is 0.396 e. The lowest BCUT2D eigenvalue weighted by molar-refractivity contribution is -0.0328. The van der Waals surface area contributed by atoms with Gasteiger partial charge in [-0.3, -0.25) is 0 Å². The molecule has 0 aliphatic heterocycles. The van der Waals surface area contributed by atoms with Gasteiger partial charge >= 0.3 is 8.56 Å². The smallest absolute Gasteiger partial charge is 0.339 e. The highest BCUT2D eigenvalue weighted by Crippen LogP contribution is 2.28. The Bertz CT molecular complexity index is 370. The normalized spacial score (nSPS) is 14.0. The van der Waals surface area contributed by atoms with Crippen LogP contribution in [0.2, 0.25) is 12.6 Å². The minimum atomic E-state index is -2.17. The van der Waals surface area contributed by atoms with Gasteiger partial charge in [0.25, 0.3) is 0 Å². The van der Waals surface area contributed by atoms with E-state index in [0.717, 1.165) is 18.9 Å². The van der Waals surface area contributed by atoms with Crippen molar-refractivity contribution in [3.8, 4) is 0 Å². The molecule has 0 aliphatic carbocycles. The lowest BCUT2D eigenvalue weighted by atomic mass is 9.93. The molecule has 0 aromatic heterocycles. The first-order valence-electron chi connectivity index (χ1n) is 8.80. The SMILES string of the molecule is C=CCC(C)(CC=C)O[Si](C)(CC=C)OCC.OCC(CO)(CO)CO. The van der Waals surface area contributed by atoms with E-state index in [2.05, 4.69) is 33.2 Å². The molecule has 0 spiro atoms. The molecule has 6 nitrogen and oxygen atoms in total. The van der Waals surface area contributed by atoms with E-state index in [4.69, 9.17) is 29.3 Å². The second-order valence-electron chi connectivity index (χ2n) is 6.73. The summed E-state index contributed by atoms with van der Waals surface area (Å²) in [4.78, 5) is 0. The van der Waals surface area contributed by atoms with Gasteiger partial charge in [0.2, 0.25) is 0 Å². The average molecular weight is 391 g/mol. The van der Waals surface area contributed by atoms with Crippen LogP contribution in [0.5, 0.6) is 0 Å². The molecule has 26 heavy (non-hydrogen) atoms. The summed E-state index contributed by atoms with van der Waals surface area (Å²) in [6.07, 6.45) is 7.25.